The van der Waals surface area contributed by atoms with Gasteiger partial charge in [0.05, 0.1) is 31.3 Å². The molecule has 2 aliphatic heterocycles. The summed E-state index contributed by atoms with van der Waals surface area (Å²) >= 11 is 0. The fraction of sp³-hybridized carbons (Fsp3) is 0.273. The SMILES string of the molecule is O=C(CC1CO1)Oc1cccc2cc3c(C(=O)OCC4CO4)cccc3cc12. The van der Waals surface area contributed by atoms with E-state index in [9.17, 15) is 9.59 Å². The molecule has 0 bridgehead atoms. The third kappa shape index (κ3) is 3.56. The molecule has 28 heavy (non-hydrogen) atoms. The molecule has 2 fully saturated rings. The summed E-state index contributed by atoms with van der Waals surface area (Å²) in [6, 6.07) is 14.9. The summed E-state index contributed by atoms with van der Waals surface area (Å²) in [5, 5.41) is 3.37. The second kappa shape index (κ2) is 6.89. The van der Waals surface area contributed by atoms with Crippen LogP contribution in [0, 0.1) is 0 Å². The standard InChI is InChI=1S/C22H18O6/c23-21(9-15-10-25-15)28-20-6-2-4-14-7-18-13(8-19(14)20)3-1-5-17(18)22(24)27-12-16-11-26-16/h1-8,15-16H,9-12H2. The van der Waals surface area contributed by atoms with E-state index in [2.05, 4.69) is 0 Å². The molecule has 0 spiro atoms. The van der Waals surface area contributed by atoms with Crippen molar-refractivity contribution in [2.75, 3.05) is 19.8 Å². The van der Waals surface area contributed by atoms with Crippen LogP contribution in [0.1, 0.15) is 16.8 Å². The van der Waals surface area contributed by atoms with Gasteiger partial charge in [-0.05, 0) is 40.4 Å². The second-order valence-electron chi connectivity index (χ2n) is 7.04. The van der Waals surface area contributed by atoms with E-state index in [1.807, 2.05) is 36.4 Å². The summed E-state index contributed by atoms with van der Waals surface area (Å²) in [7, 11) is 0. The largest absolute Gasteiger partial charge is 0.459 e. The topological polar surface area (TPSA) is 77.7 Å². The van der Waals surface area contributed by atoms with Crippen molar-refractivity contribution in [3.8, 4) is 5.75 Å². The van der Waals surface area contributed by atoms with E-state index >= 15 is 0 Å². The number of benzene rings is 3. The fourth-order valence-corrected chi connectivity index (χ4v) is 3.24. The Hall–Kier alpha value is -2.96. The number of carbonyl (C=O) groups excluding carboxylic acids is 2. The molecule has 2 unspecified atom stereocenters. The molecule has 0 N–H and O–H groups in total. The van der Waals surface area contributed by atoms with Crippen LogP contribution in [0.25, 0.3) is 21.5 Å². The lowest BCUT2D eigenvalue weighted by Gasteiger charge is -2.11. The molecule has 142 valence electrons. The average molecular weight is 378 g/mol. The second-order valence-corrected chi connectivity index (χ2v) is 7.04. The van der Waals surface area contributed by atoms with Crippen molar-refractivity contribution in [2.45, 2.75) is 18.6 Å². The zero-order valence-corrected chi connectivity index (χ0v) is 15.1. The molecule has 0 aromatic heterocycles. The molecule has 2 heterocycles. The normalized spacial score (nSPS) is 20.1. The van der Waals surface area contributed by atoms with Crippen LogP contribution in [0.15, 0.2) is 48.5 Å². The Kier molecular flexibility index (Phi) is 4.22. The average Bonchev–Trinajstić information content (AvgIpc) is 3.60. The van der Waals surface area contributed by atoms with E-state index in [-0.39, 0.29) is 37.2 Å². The highest BCUT2D eigenvalue weighted by Crippen LogP contribution is 2.32. The minimum atomic E-state index is -0.368. The summed E-state index contributed by atoms with van der Waals surface area (Å²) in [6.45, 7) is 1.52. The Morgan fingerprint density at radius 1 is 0.929 bits per heavy atom. The van der Waals surface area contributed by atoms with Gasteiger partial charge in [0, 0.05) is 5.39 Å². The molecule has 0 radical (unpaired) electrons. The van der Waals surface area contributed by atoms with Crippen LogP contribution in [0.2, 0.25) is 0 Å². The highest BCUT2D eigenvalue weighted by Gasteiger charge is 2.27. The number of esters is 2. The van der Waals surface area contributed by atoms with Crippen molar-refractivity contribution in [3.63, 3.8) is 0 Å². The van der Waals surface area contributed by atoms with Crippen molar-refractivity contribution >= 4 is 33.5 Å². The molecule has 3 aromatic carbocycles. The van der Waals surface area contributed by atoms with Gasteiger partial charge in [0.15, 0.2) is 0 Å². The molecule has 5 rings (SSSR count). The first-order chi connectivity index (χ1) is 13.7. The highest BCUT2D eigenvalue weighted by atomic mass is 16.6. The number of rotatable bonds is 6. The van der Waals surface area contributed by atoms with E-state index in [0.717, 1.165) is 21.5 Å². The molecule has 0 amide bonds. The number of carbonyl (C=O) groups is 2. The number of ether oxygens (including phenoxy) is 4. The van der Waals surface area contributed by atoms with E-state index in [0.29, 0.717) is 24.5 Å². The minimum absolute atomic E-state index is 0.0158. The summed E-state index contributed by atoms with van der Waals surface area (Å²) < 4.78 is 21.1. The molecule has 2 atom stereocenters. The number of hydrogen-bond acceptors (Lipinski definition) is 6. The Balaban J connectivity index is 1.49. The van der Waals surface area contributed by atoms with Crippen LogP contribution in [-0.2, 0) is 19.0 Å². The smallest absolute Gasteiger partial charge is 0.338 e. The van der Waals surface area contributed by atoms with Crippen LogP contribution >= 0.6 is 0 Å². The lowest BCUT2D eigenvalue weighted by molar-refractivity contribution is -0.134. The van der Waals surface area contributed by atoms with E-state index in [4.69, 9.17) is 18.9 Å². The summed E-state index contributed by atoms with van der Waals surface area (Å²) in [5.41, 5.74) is 0.508. The van der Waals surface area contributed by atoms with Gasteiger partial charge in [0.2, 0.25) is 0 Å². The quantitative estimate of drug-likeness (QED) is 0.284. The van der Waals surface area contributed by atoms with Crippen LogP contribution in [0.4, 0.5) is 0 Å². The van der Waals surface area contributed by atoms with Gasteiger partial charge in [0.1, 0.15) is 18.5 Å². The lowest BCUT2D eigenvalue weighted by Crippen LogP contribution is -2.11. The van der Waals surface area contributed by atoms with Gasteiger partial charge in [0.25, 0.3) is 0 Å². The highest BCUT2D eigenvalue weighted by molar-refractivity contribution is 6.10. The number of fused-ring (bicyclic) bond motifs is 2. The first-order valence-corrected chi connectivity index (χ1v) is 9.24. The maximum atomic E-state index is 12.5. The molecule has 0 saturated carbocycles. The lowest BCUT2D eigenvalue weighted by atomic mass is 9.99. The van der Waals surface area contributed by atoms with Crippen LogP contribution in [-0.4, -0.2) is 44.0 Å². The maximum absolute atomic E-state index is 12.5. The molecule has 6 nitrogen and oxygen atoms in total. The minimum Gasteiger partial charge on any atom is -0.459 e. The van der Waals surface area contributed by atoms with Gasteiger partial charge < -0.3 is 18.9 Å². The Morgan fingerprint density at radius 2 is 1.61 bits per heavy atom. The molecule has 0 aliphatic carbocycles. The van der Waals surface area contributed by atoms with Gasteiger partial charge in [-0.2, -0.15) is 0 Å². The third-order valence-corrected chi connectivity index (χ3v) is 4.88. The van der Waals surface area contributed by atoms with Crippen LogP contribution in [0.5, 0.6) is 5.75 Å². The van der Waals surface area contributed by atoms with Crippen LogP contribution in [0.3, 0.4) is 0 Å². The first-order valence-electron chi connectivity index (χ1n) is 9.24. The molecule has 6 heteroatoms. The third-order valence-electron chi connectivity index (χ3n) is 4.88. The van der Waals surface area contributed by atoms with Crippen molar-refractivity contribution in [3.05, 3.63) is 54.1 Å². The van der Waals surface area contributed by atoms with Gasteiger partial charge in [-0.1, -0.05) is 24.3 Å². The first kappa shape index (κ1) is 17.2. The van der Waals surface area contributed by atoms with Gasteiger partial charge in [-0.3, -0.25) is 4.79 Å². The molecular weight excluding hydrogens is 360 g/mol. The molecule has 2 saturated heterocycles. The van der Waals surface area contributed by atoms with Gasteiger partial charge in [-0.15, -0.1) is 0 Å². The zero-order valence-electron chi connectivity index (χ0n) is 15.1. The zero-order chi connectivity index (χ0) is 19.1. The van der Waals surface area contributed by atoms with Crippen molar-refractivity contribution in [1.29, 1.82) is 0 Å². The molecule has 2 aliphatic rings. The van der Waals surface area contributed by atoms with Gasteiger partial charge >= 0.3 is 11.9 Å². The van der Waals surface area contributed by atoms with Crippen molar-refractivity contribution < 1.29 is 28.5 Å². The monoisotopic (exact) mass is 378 g/mol. The predicted molar refractivity (Wildman–Crippen MR) is 101 cm³/mol. The van der Waals surface area contributed by atoms with Crippen LogP contribution < -0.4 is 4.74 Å². The number of hydrogen-bond donors (Lipinski definition) is 0. The number of epoxide rings is 2. The Morgan fingerprint density at radius 3 is 2.36 bits per heavy atom. The van der Waals surface area contributed by atoms with Crippen molar-refractivity contribution in [1.82, 2.24) is 0 Å². The fourth-order valence-electron chi connectivity index (χ4n) is 3.24. The predicted octanol–water partition coefficient (Wildman–Crippen LogP) is 3.24. The summed E-state index contributed by atoms with van der Waals surface area (Å²) in [6.07, 6.45) is 0.265. The van der Waals surface area contributed by atoms with Gasteiger partial charge in [-0.25, -0.2) is 4.79 Å². The molecular formula is C22H18O6. The van der Waals surface area contributed by atoms with E-state index in [1.54, 1.807) is 12.1 Å². The Labute approximate surface area is 160 Å². The summed E-state index contributed by atoms with van der Waals surface area (Å²) in [5.74, 6) is -0.175. The van der Waals surface area contributed by atoms with Crippen molar-refractivity contribution in [2.24, 2.45) is 0 Å². The van der Waals surface area contributed by atoms with E-state index < -0.39 is 0 Å². The summed E-state index contributed by atoms with van der Waals surface area (Å²) in [4.78, 5) is 24.6. The van der Waals surface area contributed by atoms with E-state index in [1.165, 1.54) is 0 Å². The maximum Gasteiger partial charge on any atom is 0.338 e. The molecule has 3 aromatic rings. The Bertz CT molecular complexity index is 1080.